The molecule has 0 aliphatic heterocycles. The number of nitrogens with one attached hydrogen (secondary N) is 1. The Balaban J connectivity index is 1.63. The number of thiophene rings is 1. The summed E-state index contributed by atoms with van der Waals surface area (Å²) < 4.78 is 7.13. The predicted molar refractivity (Wildman–Crippen MR) is 112 cm³/mol. The van der Waals surface area contributed by atoms with Crippen LogP contribution in [0.3, 0.4) is 0 Å². The number of carbonyl (C=O) groups is 2. The van der Waals surface area contributed by atoms with E-state index in [1.54, 1.807) is 42.7 Å². The van der Waals surface area contributed by atoms with E-state index < -0.39 is 5.97 Å². The molecule has 2 heterocycles. The predicted octanol–water partition coefficient (Wildman–Crippen LogP) is 3.61. The first-order chi connectivity index (χ1) is 14.0. The van der Waals surface area contributed by atoms with Crippen molar-refractivity contribution in [2.45, 2.75) is 33.2 Å². The second-order valence-electron chi connectivity index (χ2n) is 7.11. The minimum atomic E-state index is -0.446. The average molecular weight is 411 g/mol. The standard InChI is InChI=1S/C21H21N3O4S/c1-3-28-21(27)14-5-4-6-15(9-14)23-19(25)16-12(2)29-18-17(16)22-11-24(20(18)26)10-13-7-8-13/h4-6,9,11,13H,3,7-8,10H2,1-2H3,(H,23,25). The lowest BCUT2D eigenvalue weighted by Gasteiger charge is -2.08. The highest BCUT2D eigenvalue weighted by molar-refractivity contribution is 7.19. The number of esters is 1. The molecule has 0 spiro atoms. The van der Waals surface area contributed by atoms with Gasteiger partial charge in [0.15, 0.2) is 0 Å². The number of amides is 1. The van der Waals surface area contributed by atoms with Gasteiger partial charge in [-0.05, 0) is 50.8 Å². The molecule has 3 aromatic rings. The van der Waals surface area contributed by atoms with Gasteiger partial charge in [0.1, 0.15) is 10.2 Å². The number of benzene rings is 1. The molecule has 1 amide bonds. The fourth-order valence-electron chi connectivity index (χ4n) is 3.22. The van der Waals surface area contributed by atoms with E-state index in [4.69, 9.17) is 4.74 Å². The van der Waals surface area contributed by atoms with Crippen LogP contribution in [0.15, 0.2) is 35.4 Å². The van der Waals surface area contributed by atoms with E-state index >= 15 is 0 Å². The highest BCUT2D eigenvalue weighted by atomic mass is 32.1. The minimum Gasteiger partial charge on any atom is -0.462 e. The first-order valence-corrected chi connectivity index (χ1v) is 10.4. The van der Waals surface area contributed by atoms with Gasteiger partial charge >= 0.3 is 5.97 Å². The molecular weight excluding hydrogens is 390 g/mol. The molecule has 1 aromatic carbocycles. The number of fused-ring (bicyclic) bond motifs is 1. The van der Waals surface area contributed by atoms with E-state index in [0.717, 1.165) is 17.7 Å². The second kappa shape index (κ2) is 7.79. The quantitative estimate of drug-likeness (QED) is 0.626. The summed E-state index contributed by atoms with van der Waals surface area (Å²) in [7, 11) is 0. The Kier molecular flexibility index (Phi) is 5.19. The summed E-state index contributed by atoms with van der Waals surface area (Å²) >= 11 is 1.29. The monoisotopic (exact) mass is 411 g/mol. The topological polar surface area (TPSA) is 90.3 Å². The summed E-state index contributed by atoms with van der Waals surface area (Å²) in [6.07, 6.45) is 3.83. The number of carbonyl (C=O) groups excluding carboxylic acids is 2. The zero-order valence-corrected chi connectivity index (χ0v) is 17.0. The maximum absolute atomic E-state index is 12.9. The molecule has 150 valence electrons. The van der Waals surface area contributed by atoms with E-state index in [0.29, 0.717) is 39.5 Å². The summed E-state index contributed by atoms with van der Waals surface area (Å²) in [5, 5.41) is 2.80. The van der Waals surface area contributed by atoms with E-state index in [-0.39, 0.29) is 18.1 Å². The molecular formula is C21H21N3O4S. The number of nitrogens with zero attached hydrogens (tertiary/aromatic N) is 2. The number of aromatic nitrogens is 2. The van der Waals surface area contributed by atoms with E-state index in [2.05, 4.69) is 10.3 Å². The van der Waals surface area contributed by atoms with Crippen molar-refractivity contribution >= 4 is 39.1 Å². The van der Waals surface area contributed by atoms with Crippen LogP contribution in [-0.2, 0) is 11.3 Å². The maximum Gasteiger partial charge on any atom is 0.338 e. The van der Waals surface area contributed by atoms with Crippen molar-refractivity contribution in [3.63, 3.8) is 0 Å². The van der Waals surface area contributed by atoms with Gasteiger partial charge in [0.05, 0.1) is 24.1 Å². The molecule has 29 heavy (non-hydrogen) atoms. The van der Waals surface area contributed by atoms with Gasteiger partial charge in [0.2, 0.25) is 0 Å². The number of aryl methyl sites for hydroxylation is 1. The van der Waals surface area contributed by atoms with Crippen molar-refractivity contribution in [1.29, 1.82) is 0 Å². The van der Waals surface area contributed by atoms with Gasteiger partial charge in [-0.1, -0.05) is 6.07 Å². The highest BCUT2D eigenvalue weighted by Crippen LogP contribution is 2.31. The van der Waals surface area contributed by atoms with Crippen LogP contribution in [0.4, 0.5) is 5.69 Å². The zero-order chi connectivity index (χ0) is 20.5. The molecule has 0 bridgehead atoms. The van der Waals surface area contributed by atoms with Crippen molar-refractivity contribution < 1.29 is 14.3 Å². The van der Waals surface area contributed by atoms with Crippen LogP contribution >= 0.6 is 11.3 Å². The first-order valence-electron chi connectivity index (χ1n) is 9.55. The van der Waals surface area contributed by atoms with Crippen molar-refractivity contribution in [2.24, 2.45) is 5.92 Å². The Labute approximate surface area is 171 Å². The summed E-state index contributed by atoms with van der Waals surface area (Å²) in [6.45, 7) is 4.50. The maximum atomic E-state index is 12.9. The lowest BCUT2D eigenvalue weighted by Crippen LogP contribution is -2.21. The fraction of sp³-hybridized carbons (Fsp3) is 0.333. The Morgan fingerprint density at radius 3 is 2.86 bits per heavy atom. The normalized spacial score (nSPS) is 13.4. The highest BCUT2D eigenvalue weighted by Gasteiger charge is 2.25. The first kappa shape index (κ1) is 19.3. The van der Waals surface area contributed by atoms with Crippen LogP contribution in [-0.4, -0.2) is 28.0 Å². The molecule has 8 heteroatoms. The van der Waals surface area contributed by atoms with Crippen LogP contribution in [0.25, 0.3) is 10.2 Å². The lowest BCUT2D eigenvalue weighted by molar-refractivity contribution is 0.0526. The molecule has 1 fully saturated rings. The fourth-order valence-corrected chi connectivity index (χ4v) is 4.27. The molecule has 1 aliphatic carbocycles. The Morgan fingerprint density at radius 2 is 2.14 bits per heavy atom. The third-order valence-electron chi connectivity index (χ3n) is 4.85. The largest absolute Gasteiger partial charge is 0.462 e. The summed E-state index contributed by atoms with van der Waals surface area (Å²) in [5.74, 6) is -0.248. The van der Waals surface area contributed by atoms with Crippen LogP contribution in [0.2, 0.25) is 0 Å². The van der Waals surface area contributed by atoms with Crippen molar-refractivity contribution in [1.82, 2.24) is 9.55 Å². The molecule has 0 unspecified atom stereocenters. The zero-order valence-electron chi connectivity index (χ0n) is 16.2. The molecule has 1 aliphatic rings. The van der Waals surface area contributed by atoms with Crippen LogP contribution in [0, 0.1) is 12.8 Å². The molecule has 0 radical (unpaired) electrons. The van der Waals surface area contributed by atoms with Gasteiger partial charge in [0, 0.05) is 17.1 Å². The molecule has 7 nitrogen and oxygen atoms in total. The Morgan fingerprint density at radius 1 is 1.34 bits per heavy atom. The van der Waals surface area contributed by atoms with Gasteiger partial charge in [-0.2, -0.15) is 0 Å². The van der Waals surface area contributed by atoms with Gasteiger partial charge in [-0.25, -0.2) is 9.78 Å². The average Bonchev–Trinajstić information content (AvgIpc) is 3.44. The smallest absolute Gasteiger partial charge is 0.338 e. The minimum absolute atomic E-state index is 0.0987. The molecule has 1 N–H and O–H groups in total. The number of ether oxygens (including phenoxy) is 1. The molecule has 0 atom stereocenters. The van der Waals surface area contributed by atoms with Crippen LogP contribution in [0.5, 0.6) is 0 Å². The number of hydrogen-bond donors (Lipinski definition) is 1. The summed E-state index contributed by atoms with van der Waals surface area (Å²) in [6, 6.07) is 6.56. The second-order valence-corrected chi connectivity index (χ2v) is 8.34. The summed E-state index contributed by atoms with van der Waals surface area (Å²) in [4.78, 5) is 42.8. The molecule has 0 saturated heterocycles. The SMILES string of the molecule is CCOC(=O)c1cccc(NC(=O)c2c(C)sc3c(=O)n(CC4CC4)cnc23)c1. The molecule has 4 rings (SSSR count). The van der Waals surface area contributed by atoms with E-state index in [1.807, 2.05) is 0 Å². The van der Waals surface area contributed by atoms with Crippen molar-refractivity contribution in [3.8, 4) is 0 Å². The Hall–Kier alpha value is -3.00. The third kappa shape index (κ3) is 3.93. The third-order valence-corrected chi connectivity index (χ3v) is 5.93. The number of anilines is 1. The van der Waals surface area contributed by atoms with Gasteiger partial charge in [0.25, 0.3) is 11.5 Å². The summed E-state index contributed by atoms with van der Waals surface area (Å²) in [5.41, 5.74) is 1.54. The van der Waals surface area contributed by atoms with E-state index in [9.17, 15) is 14.4 Å². The lowest BCUT2D eigenvalue weighted by atomic mass is 10.1. The molecule has 2 aromatic heterocycles. The van der Waals surface area contributed by atoms with Gasteiger partial charge in [-0.15, -0.1) is 11.3 Å². The number of hydrogen-bond acceptors (Lipinski definition) is 6. The Bertz CT molecular complexity index is 1160. The van der Waals surface area contributed by atoms with Crippen LogP contribution < -0.4 is 10.9 Å². The molecule has 1 saturated carbocycles. The van der Waals surface area contributed by atoms with Crippen LogP contribution in [0.1, 0.15) is 45.4 Å². The van der Waals surface area contributed by atoms with Gasteiger partial charge < -0.3 is 10.1 Å². The van der Waals surface area contributed by atoms with Crippen molar-refractivity contribution in [2.75, 3.05) is 11.9 Å². The van der Waals surface area contributed by atoms with Gasteiger partial charge in [-0.3, -0.25) is 14.2 Å². The van der Waals surface area contributed by atoms with E-state index in [1.165, 1.54) is 17.7 Å². The van der Waals surface area contributed by atoms with Crippen molar-refractivity contribution in [3.05, 3.63) is 57.0 Å². The number of rotatable bonds is 6.